The number of aromatic nitrogens is 2. The van der Waals surface area contributed by atoms with Crippen molar-refractivity contribution < 1.29 is 13.2 Å². The third-order valence-corrected chi connectivity index (χ3v) is 4.16. The zero-order chi connectivity index (χ0) is 18.0. The highest BCUT2D eigenvalue weighted by Gasteiger charge is 2.24. The Bertz CT molecular complexity index is 845. The number of nitrogens with zero attached hydrogens (tertiary/aromatic N) is 3. The van der Waals surface area contributed by atoms with Gasteiger partial charge in [0, 0.05) is 24.0 Å². The lowest BCUT2D eigenvalue weighted by atomic mass is 9.98. The summed E-state index contributed by atoms with van der Waals surface area (Å²) in [6.45, 7) is 4.11. The van der Waals surface area contributed by atoms with Crippen molar-refractivity contribution in [1.29, 1.82) is 0 Å². The SMILES string of the molecule is Cc1nc(CN(C)C(c2cccnc2)c2ccc(F)cc2F)oc1C. The van der Waals surface area contributed by atoms with Crippen LogP contribution in [0.2, 0.25) is 0 Å². The zero-order valence-electron chi connectivity index (χ0n) is 14.3. The number of hydrogen-bond acceptors (Lipinski definition) is 4. The molecule has 0 amide bonds. The third-order valence-electron chi connectivity index (χ3n) is 4.16. The summed E-state index contributed by atoms with van der Waals surface area (Å²) in [6, 6.07) is 6.83. The molecule has 0 radical (unpaired) electrons. The van der Waals surface area contributed by atoms with Crippen LogP contribution in [0.25, 0.3) is 0 Å². The molecule has 4 nitrogen and oxygen atoms in total. The molecule has 0 spiro atoms. The van der Waals surface area contributed by atoms with E-state index >= 15 is 0 Å². The van der Waals surface area contributed by atoms with E-state index in [1.165, 1.54) is 12.1 Å². The molecule has 3 aromatic rings. The van der Waals surface area contributed by atoms with Gasteiger partial charge in [-0.3, -0.25) is 9.88 Å². The first-order valence-electron chi connectivity index (χ1n) is 7.93. The van der Waals surface area contributed by atoms with E-state index in [2.05, 4.69) is 9.97 Å². The van der Waals surface area contributed by atoms with Crippen molar-refractivity contribution in [2.45, 2.75) is 26.4 Å². The van der Waals surface area contributed by atoms with Gasteiger partial charge in [0.1, 0.15) is 17.4 Å². The number of aryl methyl sites for hydroxylation is 2. The number of oxazole rings is 1. The summed E-state index contributed by atoms with van der Waals surface area (Å²) in [5, 5.41) is 0. The van der Waals surface area contributed by atoms with Crippen LogP contribution in [0.4, 0.5) is 8.78 Å². The normalized spacial score (nSPS) is 12.6. The minimum absolute atomic E-state index is 0.372. The number of benzene rings is 1. The number of rotatable bonds is 5. The van der Waals surface area contributed by atoms with Crippen molar-refractivity contribution in [3.05, 3.63) is 82.8 Å². The van der Waals surface area contributed by atoms with Gasteiger partial charge in [-0.15, -0.1) is 0 Å². The summed E-state index contributed by atoms with van der Waals surface area (Å²) in [5.74, 6) is 0.108. The van der Waals surface area contributed by atoms with Gasteiger partial charge in [0.05, 0.1) is 18.3 Å². The summed E-state index contributed by atoms with van der Waals surface area (Å²) < 4.78 is 33.4. The van der Waals surface area contributed by atoms with Crippen LogP contribution in [0.5, 0.6) is 0 Å². The van der Waals surface area contributed by atoms with Crippen molar-refractivity contribution in [3.8, 4) is 0 Å². The minimum Gasteiger partial charge on any atom is -0.444 e. The zero-order valence-corrected chi connectivity index (χ0v) is 14.3. The first-order chi connectivity index (χ1) is 12.0. The fraction of sp³-hybridized carbons (Fsp3) is 0.263. The highest BCUT2D eigenvalue weighted by atomic mass is 19.1. The van der Waals surface area contributed by atoms with Crippen LogP contribution in [0.15, 0.2) is 47.1 Å². The van der Waals surface area contributed by atoms with Gasteiger partial charge in [-0.05, 0) is 38.6 Å². The molecule has 130 valence electrons. The van der Waals surface area contributed by atoms with Crippen LogP contribution in [0, 0.1) is 25.5 Å². The van der Waals surface area contributed by atoms with Gasteiger partial charge < -0.3 is 4.42 Å². The smallest absolute Gasteiger partial charge is 0.208 e. The molecule has 2 aromatic heterocycles. The van der Waals surface area contributed by atoms with Crippen molar-refractivity contribution in [1.82, 2.24) is 14.9 Å². The second kappa shape index (κ2) is 7.11. The lowest BCUT2D eigenvalue weighted by molar-refractivity contribution is 0.236. The highest BCUT2D eigenvalue weighted by molar-refractivity contribution is 5.31. The van der Waals surface area contributed by atoms with E-state index in [-0.39, 0.29) is 0 Å². The predicted molar refractivity (Wildman–Crippen MR) is 89.9 cm³/mol. The molecule has 0 bridgehead atoms. The fourth-order valence-electron chi connectivity index (χ4n) is 2.84. The van der Waals surface area contributed by atoms with E-state index < -0.39 is 17.7 Å². The summed E-state index contributed by atoms with van der Waals surface area (Å²) in [4.78, 5) is 10.4. The Kier molecular flexibility index (Phi) is 4.90. The summed E-state index contributed by atoms with van der Waals surface area (Å²) >= 11 is 0. The largest absolute Gasteiger partial charge is 0.444 e. The van der Waals surface area contributed by atoms with Gasteiger partial charge in [0.15, 0.2) is 0 Å². The average Bonchev–Trinajstić information content (AvgIpc) is 2.88. The lowest BCUT2D eigenvalue weighted by Gasteiger charge is -2.28. The molecular weight excluding hydrogens is 324 g/mol. The maximum atomic E-state index is 14.4. The van der Waals surface area contributed by atoms with Crippen LogP contribution < -0.4 is 0 Å². The van der Waals surface area contributed by atoms with Crippen LogP contribution in [0.1, 0.15) is 34.5 Å². The van der Waals surface area contributed by atoms with Gasteiger partial charge in [0.25, 0.3) is 0 Å². The Balaban J connectivity index is 1.98. The molecule has 1 unspecified atom stereocenters. The van der Waals surface area contributed by atoms with Crippen molar-refractivity contribution >= 4 is 0 Å². The molecular formula is C19H19F2N3O. The van der Waals surface area contributed by atoms with E-state index in [1.54, 1.807) is 18.5 Å². The van der Waals surface area contributed by atoms with Crippen molar-refractivity contribution in [2.24, 2.45) is 0 Å². The average molecular weight is 343 g/mol. The summed E-state index contributed by atoms with van der Waals surface area (Å²) in [7, 11) is 1.84. The number of pyridine rings is 1. The molecule has 25 heavy (non-hydrogen) atoms. The predicted octanol–water partition coefficient (Wildman–Crippen LogP) is 4.19. The van der Waals surface area contributed by atoms with Crippen LogP contribution >= 0.6 is 0 Å². The number of halogens is 2. The Morgan fingerprint density at radius 3 is 2.60 bits per heavy atom. The Morgan fingerprint density at radius 2 is 2.00 bits per heavy atom. The maximum Gasteiger partial charge on any atom is 0.208 e. The molecule has 0 saturated heterocycles. The summed E-state index contributed by atoms with van der Waals surface area (Å²) in [6.07, 6.45) is 3.33. The first kappa shape index (κ1) is 17.2. The molecule has 0 aliphatic carbocycles. The van der Waals surface area contributed by atoms with Gasteiger partial charge in [0.2, 0.25) is 5.89 Å². The molecule has 1 atom stereocenters. The molecule has 0 saturated carbocycles. The molecule has 0 fully saturated rings. The van der Waals surface area contributed by atoms with E-state index in [0.717, 1.165) is 23.1 Å². The molecule has 0 N–H and O–H groups in total. The molecule has 2 heterocycles. The molecule has 0 aliphatic heterocycles. The standard InChI is InChI=1S/C19H19F2N3O/c1-12-13(2)25-18(23-12)11-24(3)19(14-5-4-8-22-10-14)16-7-6-15(20)9-17(16)21/h4-10,19H,11H2,1-3H3. The second-order valence-electron chi connectivity index (χ2n) is 6.02. The van der Waals surface area contributed by atoms with E-state index in [9.17, 15) is 8.78 Å². The minimum atomic E-state index is -0.604. The quantitative estimate of drug-likeness (QED) is 0.697. The lowest BCUT2D eigenvalue weighted by Crippen LogP contribution is -2.26. The third kappa shape index (κ3) is 3.74. The van der Waals surface area contributed by atoms with Crippen LogP contribution in [-0.4, -0.2) is 21.9 Å². The molecule has 1 aromatic carbocycles. The van der Waals surface area contributed by atoms with Gasteiger partial charge in [-0.1, -0.05) is 12.1 Å². The Morgan fingerprint density at radius 1 is 1.20 bits per heavy atom. The topological polar surface area (TPSA) is 42.2 Å². The van der Waals surface area contributed by atoms with Crippen LogP contribution in [-0.2, 0) is 6.54 Å². The van der Waals surface area contributed by atoms with Crippen LogP contribution in [0.3, 0.4) is 0 Å². The van der Waals surface area contributed by atoms with E-state index in [1.807, 2.05) is 31.9 Å². The Hall–Kier alpha value is -2.60. The molecule has 3 rings (SSSR count). The van der Waals surface area contributed by atoms with E-state index in [0.29, 0.717) is 18.0 Å². The molecule has 0 aliphatic rings. The number of hydrogen-bond donors (Lipinski definition) is 0. The summed E-state index contributed by atoms with van der Waals surface area (Å²) in [5.41, 5.74) is 2.00. The van der Waals surface area contributed by atoms with E-state index in [4.69, 9.17) is 4.42 Å². The van der Waals surface area contributed by atoms with Gasteiger partial charge >= 0.3 is 0 Å². The van der Waals surface area contributed by atoms with Gasteiger partial charge in [-0.2, -0.15) is 0 Å². The van der Waals surface area contributed by atoms with Gasteiger partial charge in [-0.25, -0.2) is 13.8 Å². The first-order valence-corrected chi connectivity index (χ1v) is 7.93. The second-order valence-corrected chi connectivity index (χ2v) is 6.02. The maximum absolute atomic E-state index is 14.4. The van der Waals surface area contributed by atoms with Crippen molar-refractivity contribution in [2.75, 3.05) is 7.05 Å². The Labute approximate surface area is 145 Å². The molecule has 6 heteroatoms. The monoisotopic (exact) mass is 343 g/mol. The highest BCUT2D eigenvalue weighted by Crippen LogP contribution is 2.30. The van der Waals surface area contributed by atoms with Crippen molar-refractivity contribution in [3.63, 3.8) is 0 Å². The fourth-order valence-corrected chi connectivity index (χ4v) is 2.84.